The van der Waals surface area contributed by atoms with Gasteiger partial charge in [-0.15, -0.1) is 0 Å². The maximum absolute atomic E-state index is 13.1. The van der Waals surface area contributed by atoms with E-state index < -0.39 is 11.6 Å². The van der Waals surface area contributed by atoms with Crippen LogP contribution in [0.1, 0.15) is 44.9 Å². The zero-order valence-electron chi connectivity index (χ0n) is 13.4. The lowest BCUT2D eigenvalue weighted by Gasteiger charge is -2.61. The van der Waals surface area contributed by atoms with Gasteiger partial charge >= 0.3 is 0 Å². The highest BCUT2D eigenvalue weighted by molar-refractivity contribution is 5.84. The molecule has 1 saturated heterocycles. The van der Waals surface area contributed by atoms with Crippen LogP contribution in [0.4, 0.5) is 0 Å². The van der Waals surface area contributed by atoms with Gasteiger partial charge < -0.3 is 15.7 Å². The Morgan fingerprint density at radius 2 is 1.96 bits per heavy atom. The Morgan fingerprint density at radius 3 is 2.57 bits per heavy atom. The van der Waals surface area contributed by atoms with Gasteiger partial charge in [0.05, 0.1) is 17.7 Å². The Bertz CT molecular complexity index is 598. The largest absolute Gasteiger partial charge is 0.390 e. The molecule has 0 radical (unpaired) electrons. The quantitative estimate of drug-likeness (QED) is 0.744. The van der Waals surface area contributed by atoms with Crippen molar-refractivity contribution in [1.29, 1.82) is 5.26 Å². The lowest BCUT2D eigenvalue weighted by molar-refractivity contribution is -0.177. The predicted molar refractivity (Wildman–Crippen MR) is 82.8 cm³/mol. The van der Waals surface area contributed by atoms with Crippen LogP contribution in [0.25, 0.3) is 0 Å². The van der Waals surface area contributed by atoms with E-state index in [-0.39, 0.29) is 17.4 Å². The number of nitrogens with two attached hydrogens (primary N) is 1. The fourth-order valence-electron chi connectivity index (χ4n) is 6.95. The average Bonchev–Trinajstić information content (AvgIpc) is 3.14. The van der Waals surface area contributed by atoms with Gasteiger partial charge in [-0.05, 0) is 74.0 Å². The number of amides is 1. The van der Waals surface area contributed by atoms with Gasteiger partial charge in [0.25, 0.3) is 0 Å². The molecule has 3 N–H and O–H groups in total. The van der Waals surface area contributed by atoms with Crippen molar-refractivity contribution in [2.24, 2.45) is 34.8 Å². The number of rotatable bonds is 2. The molecule has 6 rings (SSSR count). The maximum Gasteiger partial charge on any atom is 0.241 e. The van der Waals surface area contributed by atoms with E-state index in [1.54, 1.807) is 4.90 Å². The van der Waals surface area contributed by atoms with E-state index >= 15 is 0 Å². The molecule has 1 amide bonds. The molecule has 1 aliphatic heterocycles. The van der Waals surface area contributed by atoms with Gasteiger partial charge in [-0.2, -0.15) is 5.26 Å². The van der Waals surface area contributed by atoms with Crippen LogP contribution in [-0.2, 0) is 4.79 Å². The normalized spacial score (nSPS) is 53.8. The van der Waals surface area contributed by atoms with Gasteiger partial charge in [-0.1, -0.05) is 0 Å². The van der Waals surface area contributed by atoms with E-state index in [1.165, 1.54) is 6.42 Å². The second-order valence-corrected chi connectivity index (χ2v) is 9.25. The van der Waals surface area contributed by atoms with E-state index in [0.29, 0.717) is 36.6 Å². The number of nitriles is 1. The molecule has 6 aliphatic rings. The molecule has 124 valence electrons. The topological polar surface area (TPSA) is 90.4 Å². The number of carbonyl (C=O) groups is 1. The first-order valence-electron chi connectivity index (χ1n) is 9.11. The van der Waals surface area contributed by atoms with E-state index in [1.807, 2.05) is 0 Å². The molecule has 0 aromatic carbocycles. The fraction of sp³-hybridized carbons (Fsp3) is 0.889. The van der Waals surface area contributed by atoms with Crippen LogP contribution >= 0.6 is 0 Å². The van der Waals surface area contributed by atoms with Crippen LogP contribution in [0.2, 0.25) is 0 Å². The van der Waals surface area contributed by atoms with Crippen molar-refractivity contribution in [3.8, 4) is 6.07 Å². The molecule has 1 heterocycles. The summed E-state index contributed by atoms with van der Waals surface area (Å²) in [6.45, 7) is 0.711. The predicted octanol–water partition coefficient (Wildman–Crippen LogP) is 1.02. The van der Waals surface area contributed by atoms with E-state index in [9.17, 15) is 15.2 Å². The SMILES string of the molecule is N#C[C@@H]1[C@H]2C[C@@H]2CN1[13C](=O)[13C@@H](N)C12CC3CC(CC(O)(C3)C1)C2. The smallest absolute Gasteiger partial charge is 0.241 e. The van der Waals surface area contributed by atoms with Crippen LogP contribution in [0.5, 0.6) is 0 Å². The zero-order chi connectivity index (χ0) is 16.0. The standard InChI is InChI=1S/C18H25N3O2/c19-7-14-13-2-12(13)8-21(14)16(22)15(20)17-3-10-1-11(4-17)6-18(23,5-10)9-17/h10-15,23H,1-6,8-9,20H2/t10?,11?,12-,13+,14-,15-,17?,18?/m1/s1/i15+1,16+1. The summed E-state index contributed by atoms with van der Waals surface area (Å²) in [5.74, 6) is 1.93. The summed E-state index contributed by atoms with van der Waals surface area (Å²) >= 11 is 0. The minimum atomic E-state index is -0.593. The number of aliphatic hydroxyl groups is 1. The number of hydrogen-bond acceptors (Lipinski definition) is 4. The summed E-state index contributed by atoms with van der Waals surface area (Å²) in [6.07, 6.45) is 6.71. The summed E-state index contributed by atoms with van der Waals surface area (Å²) in [7, 11) is 0. The highest BCUT2D eigenvalue weighted by Crippen LogP contribution is 2.63. The summed E-state index contributed by atoms with van der Waals surface area (Å²) < 4.78 is 0. The second kappa shape index (κ2) is 4.29. The number of hydrogen-bond donors (Lipinski definition) is 2. The first-order valence-corrected chi connectivity index (χ1v) is 9.11. The number of carbonyl (C=O) groups excluding carboxylic acids is 1. The van der Waals surface area contributed by atoms with Crippen LogP contribution in [0, 0.1) is 40.4 Å². The molecule has 0 aromatic rings. The molecule has 5 heteroatoms. The number of fused-ring (bicyclic) bond motifs is 1. The Balaban J connectivity index is 1.41. The van der Waals surface area contributed by atoms with E-state index in [0.717, 1.165) is 32.1 Å². The Hall–Kier alpha value is -1.12. The second-order valence-electron chi connectivity index (χ2n) is 9.25. The van der Waals surface area contributed by atoms with Gasteiger partial charge in [0.1, 0.15) is 6.04 Å². The molecule has 5 saturated carbocycles. The van der Waals surface area contributed by atoms with Crippen molar-refractivity contribution >= 4 is 5.91 Å². The average molecular weight is 317 g/mol. The zero-order valence-corrected chi connectivity index (χ0v) is 13.4. The van der Waals surface area contributed by atoms with Crippen molar-refractivity contribution < 1.29 is 9.90 Å². The van der Waals surface area contributed by atoms with E-state index in [4.69, 9.17) is 5.73 Å². The van der Waals surface area contributed by atoms with Gasteiger partial charge in [-0.3, -0.25) is 4.79 Å². The van der Waals surface area contributed by atoms with Crippen LogP contribution in [-0.4, -0.2) is 40.1 Å². The maximum atomic E-state index is 13.1. The Morgan fingerprint density at radius 1 is 1.26 bits per heavy atom. The molecule has 23 heavy (non-hydrogen) atoms. The summed E-state index contributed by atoms with van der Waals surface area (Å²) in [5, 5.41) is 20.3. The minimum Gasteiger partial charge on any atom is -0.390 e. The Kier molecular flexibility index (Phi) is 2.65. The monoisotopic (exact) mass is 317 g/mol. The van der Waals surface area contributed by atoms with Gasteiger partial charge in [0.2, 0.25) is 5.91 Å². The van der Waals surface area contributed by atoms with E-state index in [2.05, 4.69) is 6.07 Å². The highest BCUT2D eigenvalue weighted by atomic mass is 16.3. The number of likely N-dealkylation sites (tertiary alicyclic amines) is 1. The molecule has 6 atom stereocenters. The molecular formula is C18H25N3O2. The first-order chi connectivity index (χ1) is 10.9. The summed E-state index contributed by atoms with van der Waals surface area (Å²) in [6, 6.07) is 1.51. The van der Waals surface area contributed by atoms with Crippen molar-refractivity contribution in [3.63, 3.8) is 0 Å². The molecule has 6 fully saturated rings. The van der Waals surface area contributed by atoms with Gasteiger partial charge in [0, 0.05) is 6.54 Å². The van der Waals surface area contributed by atoms with Crippen LogP contribution in [0.15, 0.2) is 0 Å². The summed E-state index contributed by atoms with van der Waals surface area (Å²) in [5.41, 5.74) is 5.69. The molecular weight excluding hydrogens is 292 g/mol. The van der Waals surface area contributed by atoms with Crippen LogP contribution in [0.3, 0.4) is 0 Å². The van der Waals surface area contributed by atoms with Crippen molar-refractivity contribution in [2.45, 2.75) is 62.6 Å². The fourth-order valence-corrected chi connectivity index (χ4v) is 6.95. The third kappa shape index (κ3) is 1.88. The van der Waals surface area contributed by atoms with Crippen molar-refractivity contribution in [1.82, 2.24) is 4.90 Å². The molecule has 5 nitrogen and oxygen atoms in total. The minimum absolute atomic E-state index is 0.0331. The van der Waals surface area contributed by atoms with Crippen molar-refractivity contribution in [2.75, 3.05) is 6.54 Å². The van der Waals surface area contributed by atoms with Gasteiger partial charge in [-0.25, -0.2) is 0 Å². The third-order valence-corrected chi connectivity index (χ3v) is 7.57. The van der Waals surface area contributed by atoms with Crippen LogP contribution < -0.4 is 5.73 Å². The van der Waals surface area contributed by atoms with Crippen molar-refractivity contribution in [3.05, 3.63) is 0 Å². The molecule has 5 aliphatic carbocycles. The Labute approximate surface area is 136 Å². The highest BCUT2D eigenvalue weighted by Gasteiger charge is 2.62. The summed E-state index contributed by atoms with van der Waals surface area (Å²) in [4.78, 5) is 14.8. The first kappa shape index (κ1) is 14.2. The van der Waals surface area contributed by atoms with Gasteiger partial charge in [0.15, 0.2) is 0 Å². The lowest BCUT2D eigenvalue weighted by Crippen LogP contribution is -2.64. The number of nitrogens with zero attached hydrogens (tertiary/aromatic N) is 2. The molecule has 2 unspecified atom stereocenters. The molecule has 0 aromatic heterocycles. The lowest BCUT2D eigenvalue weighted by atomic mass is 9.49. The molecule has 4 bridgehead atoms. The number of piperidine rings is 1. The molecule has 0 spiro atoms. The third-order valence-electron chi connectivity index (χ3n) is 7.57.